The molecule has 0 aliphatic heterocycles. The molecule has 0 aliphatic rings. The Kier molecular flexibility index (Phi) is 5.79. The highest BCUT2D eigenvalue weighted by Crippen LogP contribution is 2.39. The van der Waals surface area contributed by atoms with E-state index < -0.39 is 0 Å². The summed E-state index contributed by atoms with van der Waals surface area (Å²) in [7, 11) is 0. The van der Waals surface area contributed by atoms with Gasteiger partial charge in [-0.15, -0.1) is 0 Å². The van der Waals surface area contributed by atoms with Crippen LogP contribution in [-0.4, -0.2) is 4.98 Å². The van der Waals surface area contributed by atoms with Gasteiger partial charge in [0.1, 0.15) is 11.3 Å². The van der Waals surface area contributed by atoms with E-state index in [4.69, 9.17) is 9.40 Å². The van der Waals surface area contributed by atoms with E-state index in [-0.39, 0.29) is 5.41 Å². The lowest BCUT2D eigenvalue weighted by atomic mass is 9.82. The van der Waals surface area contributed by atoms with Crippen LogP contribution in [0.3, 0.4) is 0 Å². The number of hydrogen-bond acceptors (Lipinski definition) is 2. The molecule has 0 saturated heterocycles. The highest BCUT2D eigenvalue weighted by atomic mass is 16.3. The van der Waals surface area contributed by atoms with Gasteiger partial charge < -0.3 is 4.42 Å². The Morgan fingerprint density at radius 2 is 1.57 bits per heavy atom. The van der Waals surface area contributed by atoms with E-state index in [1.54, 1.807) is 0 Å². The summed E-state index contributed by atoms with van der Waals surface area (Å²) in [5, 5.41) is 2.55. The minimum absolute atomic E-state index is 0.0247. The van der Waals surface area contributed by atoms with Gasteiger partial charge in [0.2, 0.25) is 0 Å². The Morgan fingerprint density at radius 1 is 0.857 bits per heavy atom. The van der Waals surface area contributed by atoms with E-state index in [9.17, 15) is 0 Å². The molecule has 0 bridgehead atoms. The van der Waals surface area contributed by atoms with Gasteiger partial charge in [-0.1, -0.05) is 83.1 Å². The molecule has 2 heteroatoms. The highest BCUT2D eigenvalue weighted by molar-refractivity contribution is 5.96. The maximum atomic E-state index is 6.26. The predicted octanol–water partition coefficient (Wildman–Crippen LogP) is 9.43. The third kappa shape index (κ3) is 4.38. The molecule has 2 aromatic heterocycles. The SMILES string of the molecule is Cc1oc2c(-c3ccc(CC(C)C)cc3)cc(-c3cc(C(C)(C)C)c4ccccc4c3)nc2c1C. The smallest absolute Gasteiger partial charge is 0.160 e. The molecule has 0 saturated carbocycles. The van der Waals surface area contributed by atoms with Crippen LogP contribution in [0.4, 0.5) is 0 Å². The molecule has 35 heavy (non-hydrogen) atoms. The summed E-state index contributed by atoms with van der Waals surface area (Å²) in [5.41, 5.74) is 10.1. The lowest BCUT2D eigenvalue weighted by Crippen LogP contribution is -2.12. The van der Waals surface area contributed by atoms with Gasteiger partial charge in [-0.25, -0.2) is 4.98 Å². The molecule has 0 atom stereocenters. The highest BCUT2D eigenvalue weighted by Gasteiger charge is 2.21. The van der Waals surface area contributed by atoms with Crippen molar-refractivity contribution in [2.75, 3.05) is 0 Å². The summed E-state index contributed by atoms with van der Waals surface area (Å²) in [5.74, 6) is 1.57. The monoisotopic (exact) mass is 461 g/mol. The lowest BCUT2D eigenvalue weighted by molar-refractivity contribution is 0.575. The third-order valence-corrected chi connectivity index (χ3v) is 6.99. The molecule has 0 fully saturated rings. The zero-order valence-corrected chi connectivity index (χ0v) is 22.0. The van der Waals surface area contributed by atoms with Gasteiger partial charge in [0.05, 0.1) is 5.69 Å². The Morgan fingerprint density at radius 3 is 2.26 bits per heavy atom. The van der Waals surface area contributed by atoms with Crippen molar-refractivity contribution in [2.24, 2.45) is 5.92 Å². The Bertz CT molecular complexity index is 1530. The van der Waals surface area contributed by atoms with Crippen LogP contribution >= 0.6 is 0 Å². The van der Waals surface area contributed by atoms with Gasteiger partial charge in [0, 0.05) is 16.7 Å². The normalized spacial score (nSPS) is 12.2. The predicted molar refractivity (Wildman–Crippen MR) is 149 cm³/mol. The summed E-state index contributed by atoms with van der Waals surface area (Å²) in [6.07, 6.45) is 1.09. The average Bonchev–Trinajstić information content (AvgIpc) is 3.11. The van der Waals surface area contributed by atoms with E-state index in [1.165, 1.54) is 21.9 Å². The van der Waals surface area contributed by atoms with Gasteiger partial charge in [-0.2, -0.15) is 0 Å². The number of rotatable bonds is 4. The van der Waals surface area contributed by atoms with E-state index >= 15 is 0 Å². The molecule has 0 radical (unpaired) electrons. The van der Waals surface area contributed by atoms with Crippen LogP contribution in [0.1, 0.15) is 57.1 Å². The number of benzene rings is 3. The summed E-state index contributed by atoms with van der Waals surface area (Å²) < 4.78 is 6.26. The minimum Gasteiger partial charge on any atom is -0.459 e. The van der Waals surface area contributed by atoms with Crippen molar-refractivity contribution in [3.8, 4) is 22.4 Å². The van der Waals surface area contributed by atoms with Crippen molar-refractivity contribution in [1.29, 1.82) is 0 Å². The van der Waals surface area contributed by atoms with Crippen molar-refractivity contribution in [3.63, 3.8) is 0 Å². The second-order valence-corrected chi connectivity index (χ2v) is 11.3. The number of furan rings is 1. The maximum absolute atomic E-state index is 6.26. The minimum atomic E-state index is 0.0247. The quantitative estimate of drug-likeness (QED) is 0.266. The Hall–Kier alpha value is -3.39. The number of aromatic nitrogens is 1. The summed E-state index contributed by atoms with van der Waals surface area (Å²) in [6, 6.07) is 24.4. The number of nitrogens with zero attached hydrogens (tertiary/aromatic N) is 1. The van der Waals surface area contributed by atoms with Gasteiger partial charge in [-0.05, 0) is 77.3 Å². The van der Waals surface area contributed by atoms with E-state index in [0.717, 1.165) is 51.2 Å². The molecule has 0 N–H and O–H groups in total. The van der Waals surface area contributed by atoms with Crippen LogP contribution in [0.15, 0.2) is 71.1 Å². The summed E-state index contributed by atoms with van der Waals surface area (Å²) >= 11 is 0. The van der Waals surface area contributed by atoms with Crippen molar-refractivity contribution < 1.29 is 4.42 Å². The second-order valence-electron chi connectivity index (χ2n) is 11.3. The average molecular weight is 462 g/mol. The van der Waals surface area contributed by atoms with Crippen LogP contribution in [0, 0.1) is 19.8 Å². The molecule has 178 valence electrons. The number of hydrogen-bond donors (Lipinski definition) is 0. The lowest BCUT2D eigenvalue weighted by Gasteiger charge is -2.23. The van der Waals surface area contributed by atoms with Gasteiger partial charge in [0.25, 0.3) is 0 Å². The van der Waals surface area contributed by atoms with Crippen molar-refractivity contribution in [1.82, 2.24) is 4.98 Å². The van der Waals surface area contributed by atoms with E-state index in [1.807, 2.05) is 6.92 Å². The van der Waals surface area contributed by atoms with Gasteiger partial charge in [0.15, 0.2) is 5.58 Å². The van der Waals surface area contributed by atoms with Crippen molar-refractivity contribution in [2.45, 2.75) is 60.3 Å². The third-order valence-electron chi connectivity index (χ3n) is 6.99. The molecule has 5 aromatic rings. The maximum Gasteiger partial charge on any atom is 0.160 e. The molecule has 0 spiro atoms. The second kappa shape index (κ2) is 8.68. The van der Waals surface area contributed by atoms with Crippen LogP contribution in [0.25, 0.3) is 44.3 Å². The summed E-state index contributed by atoms with van der Waals surface area (Å²) in [4.78, 5) is 5.15. The molecule has 0 unspecified atom stereocenters. The topological polar surface area (TPSA) is 26.0 Å². The first-order valence-electron chi connectivity index (χ1n) is 12.7. The number of pyridine rings is 1. The van der Waals surface area contributed by atoms with Crippen LogP contribution in [0.2, 0.25) is 0 Å². The first kappa shape index (κ1) is 23.4. The zero-order chi connectivity index (χ0) is 24.9. The Balaban J connectivity index is 1.74. The first-order chi connectivity index (χ1) is 16.6. The number of fused-ring (bicyclic) bond motifs is 2. The first-order valence-corrected chi connectivity index (χ1v) is 12.7. The fourth-order valence-corrected chi connectivity index (χ4v) is 5.02. The number of aryl methyl sites for hydroxylation is 2. The van der Waals surface area contributed by atoms with Gasteiger partial charge >= 0.3 is 0 Å². The fraction of sp³-hybridized carbons (Fsp3) is 0.303. The molecular weight excluding hydrogens is 426 g/mol. The van der Waals surface area contributed by atoms with Crippen LogP contribution < -0.4 is 0 Å². The van der Waals surface area contributed by atoms with Crippen molar-refractivity contribution in [3.05, 3.63) is 89.2 Å². The molecule has 0 aliphatic carbocycles. The molecule has 0 amide bonds. The standard InChI is InChI=1S/C33H35NO/c1-20(2)16-23-12-14-24(15-13-23)28-19-30(34-31-21(3)22(4)35-32(28)31)26-17-25-10-8-9-11-27(25)29(18-26)33(5,6)7/h8-15,17-20H,16H2,1-7H3. The molecule has 5 rings (SSSR count). The van der Waals surface area contributed by atoms with Crippen LogP contribution in [-0.2, 0) is 11.8 Å². The van der Waals surface area contributed by atoms with Crippen molar-refractivity contribution >= 4 is 21.9 Å². The molecule has 2 nitrogen and oxygen atoms in total. The van der Waals surface area contributed by atoms with Gasteiger partial charge in [-0.3, -0.25) is 0 Å². The molecule has 2 heterocycles. The molecule has 3 aromatic carbocycles. The van der Waals surface area contributed by atoms with E-state index in [0.29, 0.717) is 5.92 Å². The fourth-order valence-electron chi connectivity index (χ4n) is 5.02. The van der Waals surface area contributed by atoms with Crippen LogP contribution in [0.5, 0.6) is 0 Å². The van der Waals surface area contributed by atoms with E-state index in [2.05, 4.69) is 108 Å². The summed E-state index contributed by atoms with van der Waals surface area (Å²) in [6.45, 7) is 15.5. The molecular formula is C33H35NO. The Labute approximate surface area is 209 Å². The zero-order valence-electron chi connectivity index (χ0n) is 22.0. The largest absolute Gasteiger partial charge is 0.459 e.